The van der Waals surface area contributed by atoms with Crippen LogP contribution in [0.4, 0.5) is 4.79 Å². The summed E-state index contributed by atoms with van der Waals surface area (Å²) < 4.78 is 5.41. The van der Waals surface area contributed by atoms with Gasteiger partial charge in [-0.3, -0.25) is 0 Å². The number of likely N-dealkylation sites (tertiary alicyclic amines) is 1. The molecule has 4 nitrogen and oxygen atoms in total. The normalized spacial score (nSPS) is 25.9. The Morgan fingerprint density at radius 3 is 2.85 bits per heavy atom. The summed E-state index contributed by atoms with van der Waals surface area (Å²) in [5, 5.41) is 3.60. The van der Waals surface area contributed by atoms with Crippen LogP contribution in [0.2, 0.25) is 0 Å². The summed E-state index contributed by atoms with van der Waals surface area (Å²) in [6.45, 7) is 3.03. The van der Waals surface area contributed by atoms with Gasteiger partial charge in [-0.15, -0.1) is 0 Å². The van der Waals surface area contributed by atoms with Crippen molar-refractivity contribution in [3.8, 4) is 0 Å². The highest BCUT2D eigenvalue weighted by Crippen LogP contribution is 2.29. The molecule has 2 fully saturated rings. The van der Waals surface area contributed by atoms with Crippen LogP contribution >= 0.6 is 0 Å². The van der Waals surface area contributed by atoms with Crippen molar-refractivity contribution in [3.63, 3.8) is 0 Å². The molecule has 20 heavy (non-hydrogen) atoms. The van der Waals surface area contributed by atoms with Crippen molar-refractivity contribution in [3.05, 3.63) is 35.9 Å². The van der Waals surface area contributed by atoms with Crippen molar-refractivity contribution in [2.45, 2.75) is 37.8 Å². The molecule has 0 aromatic heterocycles. The number of carbonyl (C=O) groups is 1. The second kappa shape index (κ2) is 5.83. The third kappa shape index (κ3) is 2.96. The van der Waals surface area contributed by atoms with E-state index in [9.17, 15) is 4.79 Å². The molecular formula is C16H22N2O2. The number of hydrogen-bond donors (Lipinski definition) is 1. The van der Waals surface area contributed by atoms with Crippen molar-refractivity contribution >= 4 is 6.09 Å². The topological polar surface area (TPSA) is 41.6 Å². The first-order valence-corrected chi connectivity index (χ1v) is 7.48. The predicted octanol–water partition coefficient (Wildman–Crippen LogP) is 2.54. The number of carbonyl (C=O) groups excluding carboxylic acids is 1. The van der Waals surface area contributed by atoms with Gasteiger partial charge in [-0.2, -0.15) is 0 Å². The average molecular weight is 274 g/mol. The number of benzene rings is 1. The number of nitrogens with one attached hydrogen (secondary N) is 1. The van der Waals surface area contributed by atoms with Crippen molar-refractivity contribution in [2.75, 3.05) is 19.6 Å². The molecule has 1 amide bonds. The van der Waals surface area contributed by atoms with E-state index in [2.05, 4.69) is 5.32 Å². The first kappa shape index (κ1) is 13.4. The minimum Gasteiger partial charge on any atom is -0.445 e. The molecule has 2 aliphatic heterocycles. The van der Waals surface area contributed by atoms with E-state index in [-0.39, 0.29) is 11.6 Å². The average Bonchev–Trinajstić information content (AvgIpc) is 2.90. The zero-order valence-electron chi connectivity index (χ0n) is 11.8. The standard InChI is InChI=1S/C16H22N2O2/c19-15(20-12-14-6-2-1-3-7-14)18-11-9-16(13-18)8-4-5-10-17-16/h1-3,6-7,17H,4-5,8-13H2/t16-/m1/s1. The fourth-order valence-corrected chi connectivity index (χ4v) is 3.22. The quantitative estimate of drug-likeness (QED) is 0.901. The van der Waals surface area contributed by atoms with Gasteiger partial charge in [0.2, 0.25) is 0 Å². The van der Waals surface area contributed by atoms with E-state index in [0.717, 1.165) is 31.6 Å². The number of piperidine rings is 1. The van der Waals surface area contributed by atoms with Gasteiger partial charge in [-0.25, -0.2) is 4.79 Å². The Morgan fingerprint density at radius 1 is 1.25 bits per heavy atom. The van der Waals surface area contributed by atoms with E-state index in [4.69, 9.17) is 4.74 Å². The van der Waals surface area contributed by atoms with Gasteiger partial charge in [0.05, 0.1) is 0 Å². The Morgan fingerprint density at radius 2 is 2.10 bits per heavy atom. The lowest BCUT2D eigenvalue weighted by atomic mass is 9.88. The fourth-order valence-electron chi connectivity index (χ4n) is 3.22. The van der Waals surface area contributed by atoms with Crippen LogP contribution in [0.1, 0.15) is 31.2 Å². The Balaban J connectivity index is 1.51. The van der Waals surface area contributed by atoms with Gasteiger partial charge in [0.25, 0.3) is 0 Å². The first-order valence-electron chi connectivity index (χ1n) is 7.48. The number of hydrogen-bond acceptors (Lipinski definition) is 3. The van der Waals surface area contributed by atoms with Crippen molar-refractivity contribution < 1.29 is 9.53 Å². The molecule has 0 saturated carbocycles. The molecule has 2 heterocycles. The molecule has 108 valence electrons. The van der Waals surface area contributed by atoms with Crippen LogP contribution in [-0.4, -0.2) is 36.2 Å². The monoisotopic (exact) mass is 274 g/mol. The lowest BCUT2D eigenvalue weighted by Gasteiger charge is -2.34. The second-order valence-corrected chi connectivity index (χ2v) is 5.88. The smallest absolute Gasteiger partial charge is 0.410 e. The molecule has 1 atom stereocenters. The highest BCUT2D eigenvalue weighted by atomic mass is 16.6. The summed E-state index contributed by atoms with van der Waals surface area (Å²) in [4.78, 5) is 14.0. The van der Waals surface area contributed by atoms with Crippen molar-refractivity contribution in [1.29, 1.82) is 0 Å². The van der Waals surface area contributed by atoms with E-state index < -0.39 is 0 Å². The minimum absolute atomic E-state index is 0.157. The van der Waals surface area contributed by atoms with Gasteiger partial charge in [0.15, 0.2) is 0 Å². The maximum atomic E-state index is 12.1. The zero-order chi connectivity index (χ0) is 13.8. The van der Waals surface area contributed by atoms with Gasteiger partial charge in [0.1, 0.15) is 6.61 Å². The van der Waals surface area contributed by atoms with Crippen molar-refractivity contribution in [2.24, 2.45) is 0 Å². The first-order chi connectivity index (χ1) is 9.77. The Labute approximate surface area is 120 Å². The number of nitrogens with zero attached hydrogens (tertiary/aromatic N) is 1. The molecule has 4 heteroatoms. The van der Waals surface area contributed by atoms with E-state index in [1.165, 1.54) is 19.3 Å². The van der Waals surface area contributed by atoms with Crippen LogP contribution in [0.5, 0.6) is 0 Å². The summed E-state index contributed by atoms with van der Waals surface area (Å²) in [5.74, 6) is 0. The summed E-state index contributed by atoms with van der Waals surface area (Å²) in [5.41, 5.74) is 1.19. The highest BCUT2D eigenvalue weighted by Gasteiger charge is 2.40. The molecular weight excluding hydrogens is 252 g/mol. The largest absolute Gasteiger partial charge is 0.445 e. The maximum absolute atomic E-state index is 12.1. The number of ether oxygens (including phenoxy) is 1. The van der Waals surface area contributed by atoms with Crippen LogP contribution in [0.3, 0.4) is 0 Å². The molecule has 2 saturated heterocycles. The number of amides is 1. The van der Waals surface area contributed by atoms with Crippen LogP contribution in [0.25, 0.3) is 0 Å². The molecule has 0 aliphatic carbocycles. The Kier molecular flexibility index (Phi) is 3.92. The molecule has 3 rings (SSSR count). The SMILES string of the molecule is O=C(OCc1ccccc1)N1CC[C@]2(CCCCN2)C1. The Bertz CT molecular complexity index is 455. The van der Waals surface area contributed by atoms with Crippen LogP contribution < -0.4 is 5.32 Å². The van der Waals surface area contributed by atoms with Crippen molar-refractivity contribution in [1.82, 2.24) is 10.2 Å². The molecule has 0 unspecified atom stereocenters. The van der Waals surface area contributed by atoms with Gasteiger partial charge in [-0.1, -0.05) is 36.8 Å². The molecule has 2 aliphatic rings. The third-order valence-corrected chi connectivity index (χ3v) is 4.40. The van der Waals surface area contributed by atoms with Gasteiger partial charge >= 0.3 is 6.09 Å². The molecule has 0 bridgehead atoms. The second-order valence-electron chi connectivity index (χ2n) is 5.88. The van der Waals surface area contributed by atoms with E-state index in [1.807, 2.05) is 35.2 Å². The fraction of sp³-hybridized carbons (Fsp3) is 0.562. The van der Waals surface area contributed by atoms with Crippen LogP contribution in [0.15, 0.2) is 30.3 Å². The number of rotatable bonds is 2. The van der Waals surface area contributed by atoms with Gasteiger partial charge in [-0.05, 0) is 31.4 Å². The third-order valence-electron chi connectivity index (χ3n) is 4.40. The molecule has 1 N–H and O–H groups in total. The van der Waals surface area contributed by atoms with Crippen LogP contribution in [0, 0.1) is 0 Å². The molecule has 0 radical (unpaired) electrons. The predicted molar refractivity (Wildman–Crippen MR) is 77.4 cm³/mol. The minimum atomic E-state index is -0.182. The summed E-state index contributed by atoms with van der Waals surface area (Å²) >= 11 is 0. The lowest BCUT2D eigenvalue weighted by Crippen LogP contribution is -2.50. The summed E-state index contributed by atoms with van der Waals surface area (Å²) in [7, 11) is 0. The van der Waals surface area contributed by atoms with E-state index in [1.54, 1.807) is 0 Å². The van der Waals surface area contributed by atoms with E-state index in [0.29, 0.717) is 6.61 Å². The summed E-state index contributed by atoms with van der Waals surface area (Å²) in [6, 6.07) is 9.83. The van der Waals surface area contributed by atoms with E-state index >= 15 is 0 Å². The lowest BCUT2D eigenvalue weighted by molar-refractivity contribution is 0.1000. The van der Waals surface area contributed by atoms with Gasteiger partial charge < -0.3 is 15.0 Å². The molecule has 1 aromatic rings. The highest BCUT2D eigenvalue weighted by molar-refractivity contribution is 5.68. The zero-order valence-corrected chi connectivity index (χ0v) is 11.8. The summed E-state index contributed by atoms with van der Waals surface area (Å²) in [6.07, 6.45) is 4.56. The van der Waals surface area contributed by atoms with Gasteiger partial charge in [0, 0.05) is 18.6 Å². The molecule has 1 aromatic carbocycles. The molecule has 1 spiro atoms. The maximum Gasteiger partial charge on any atom is 0.410 e. The van der Waals surface area contributed by atoms with Crippen LogP contribution in [-0.2, 0) is 11.3 Å². The Hall–Kier alpha value is -1.55.